The summed E-state index contributed by atoms with van der Waals surface area (Å²) in [6.07, 6.45) is 2.07. The van der Waals surface area contributed by atoms with Crippen molar-refractivity contribution in [2.75, 3.05) is 36.8 Å². The predicted octanol–water partition coefficient (Wildman–Crippen LogP) is 4.37. The van der Waals surface area contributed by atoms with Crippen LogP contribution in [0.1, 0.15) is 23.3 Å². The van der Waals surface area contributed by atoms with Crippen LogP contribution >= 0.6 is 39.0 Å². The Labute approximate surface area is 241 Å². The van der Waals surface area contributed by atoms with Gasteiger partial charge in [-0.1, -0.05) is 30.3 Å². The molecule has 3 aromatic rings. The predicted molar refractivity (Wildman–Crippen MR) is 149 cm³/mol. The smallest absolute Gasteiger partial charge is 0.415 e. The standard InChI is InChI=1S/C28H32BrN2O2S2.BrH/c1-21-6-5-7-23(18-21)30(19-25-10-11-27(29)35-25)28(32)33-26-20-31(14-12-22(26)13-15-31)16-17-34-24-8-3-2-4-9-24;/h2-11,18,22,26H,12-17,19-20H2,1H3;1H/q+1;/p-1/t22?,26-,31?;/m0./s1. The second kappa shape index (κ2) is 12.5. The Kier molecular flexibility index (Phi) is 9.61. The average molecular weight is 653 g/mol. The van der Waals surface area contributed by atoms with Crippen LogP contribution in [0.4, 0.5) is 10.5 Å². The number of quaternary nitrogens is 1. The number of thioether (sulfide) groups is 1. The van der Waals surface area contributed by atoms with Gasteiger partial charge in [0.15, 0.2) is 6.10 Å². The molecule has 2 aromatic carbocycles. The summed E-state index contributed by atoms with van der Waals surface area (Å²) in [5, 5.41) is 0. The number of carbonyl (C=O) groups excluding carboxylic acids is 1. The number of halogens is 2. The molecular formula is C28H32Br2N2O2S2. The first-order chi connectivity index (χ1) is 17.0. The highest BCUT2D eigenvalue weighted by atomic mass is 79.9. The molecule has 36 heavy (non-hydrogen) atoms. The van der Waals surface area contributed by atoms with Crippen molar-refractivity contribution < 1.29 is 31.0 Å². The van der Waals surface area contributed by atoms with Gasteiger partial charge in [-0.05, 0) is 64.8 Å². The number of hydrogen-bond acceptors (Lipinski definition) is 4. The molecule has 8 heteroatoms. The van der Waals surface area contributed by atoms with Crippen LogP contribution in [-0.2, 0) is 11.3 Å². The van der Waals surface area contributed by atoms with Crippen LogP contribution < -0.4 is 21.9 Å². The third-order valence-corrected chi connectivity index (χ3v) is 9.95. The highest BCUT2D eigenvalue weighted by Crippen LogP contribution is 2.37. The van der Waals surface area contributed by atoms with E-state index in [1.165, 1.54) is 18.0 Å². The van der Waals surface area contributed by atoms with Gasteiger partial charge in [0, 0.05) is 40.0 Å². The molecule has 1 atom stereocenters. The fourth-order valence-corrected chi connectivity index (χ4v) is 7.92. The van der Waals surface area contributed by atoms with Gasteiger partial charge >= 0.3 is 6.09 Å². The Bertz CT molecular complexity index is 1150. The zero-order valence-corrected chi connectivity index (χ0v) is 25.3. The molecule has 0 spiro atoms. The minimum atomic E-state index is -0.226. The van der Waals surface area contributed by atoms with E-state index in [2.05, 4.69) is 71.4 Å². The third-order valence-electron chi connectivity index (χ3n) is 7.35. The lowest BCUT2D eigenvalue weighted by Gasteiger charge is -2.52. The van der Waals surface area contributed by atoms with Crippen molar-refractivity contribution in [3.05, 3.63) is 81.0 Å². The minimum Gasteiger partial charge on any atom is -1.00 e. The van der Waals surface area contributed by atoms with E-state index in [1.54, 1.807) is 16.2 Å². The molecule has 0 aliphatic carbocycles. The fraction of sp³-hybridized carbons (Fsp3) is 0.393. The number of amides is 1. The first kappa shape index (κ1) is 27.7. The number of hydrogen-bond donors (Lipinski definition) is 0. The van der Waals surface area contributed by atoms with Crippen LogP contribution in [0.15, 0.2) is 75.4 Å². The maximum absolute atomic E-state index is 13.6. The molecular weight excluding hydrogens is 620 g/mol. The van der Waals surface area contributed by atoms with Crippen molar-refractivity contribution in [3.8, 4) is 0 Å². The Morgan fingerprint density at radius 1 is 1.11 bits per heavy atom. The molecule has 3 fully saturated rings. The molecule has 4 heterocycles. The molecule has 6 rings (SSSR count). The van der Waals surface area contributed by atoms with Crippen LogP contribution in [-0.4, -0.2) is 48.6 Å². The van der Waals surface area contributed by atoms with Gasteiger partial charge in [-0.3, -0.25) is 4.90 Å². The number of carbonyl (C=O) groups is 1. The molecule has 192 valence electrons. The highest BCUT2D eigenvalue weighted by Gasteiger charge is 2.47. The summed E-state index contributed by atoms with van der Waals surface area (Å²) < 4.78 is 8.46. The van der Waals surface area contributed by atoms with Gasteiger partial charge in [0.1, 0.15) is 6.54 Å². The SMILES string of the molecule is Cc1cccc(N(Cc2ccc(Br)s2)C(=O)O[C@H]2C[N+]3(CCSc4ccccc4)CCC2CC3)c1.[Br-]. The first-order valence-electron chi connectivity index (χ1n) is 12.3. The van der Waals surface area contributed by atoms with Crippen LogP contribution in [0.25, 0.3) is 0 Å². The number of ether oxygens (including phenoxy) is 1. The molecule has 0 saturated carbocycles. The van der Waals surface area contributed by atoms with E-state index in [4.69, 9.17) is 4.74 Å². The summed E-state index contributed by atoms with van der Waals surface area (Å²) in [5.74, 6) is 1.58. The van der Waals surface area contributed by atoms with Crippen molar-refractivity contribution in [1.82, 2.24) is 0 Å². The Balaban J connectivity index is 0.00000304. The van der Waals surface area contributed by atoms with Gasteiger partial charge in [-0.2, -0.15) is 0 Å². The normalized spacial score (nSPS) is 22.6. The largest absolute Gasteiger partial charge is 1.00 e. The number of aryl methyl sites for hydroxylation is 1. The average Bonchev–Trinajstić information content (AvgIpc) is 3.28. The van der Waals surface area contributed by atoms with Crippen LogP contribution in [0.3, 0.4) is 0 Å². The van der Waals surface area contributed by atoms with Crippen LogP contribution in [0.5, 0.6) is 0 Å². The molecule has 3 aliphatic heterocycles. The highest BCUT2D eigenvalue weighted by molar-refractivity contribution is 9.11. The number of benzene rings is 2. The summed E-state index contributed by atoms with van der Waals surface area (Å²) in [5.41, 5.74) is 2.03. The van der Waals surface area contributed by atoms with E-state index in [0.29, 0.717) is 12.5 Å². The maximum atomic E-state index is 13.6. The van der Waals surface area contributed by atoms with Gasteiger partial charge in [0.05, 0.1) is 30.0 Å². The Hall–Kier alpha value is -1.32. The second-order valence-corrected chi connectivity index (χ2v) is 13.5. The zero-order chi connectivity index (χ0) is 24.3. The summed E-state index contributed by atoms with van der Waals surface area (Å²) >= 11 is 7.14. The Morgan fingerprint density at radius 2 is 1.89 bits per heavy atom. The van der Waals surface area contributed by atoms with Gasteiger partial charge in [-0.25, -0.2) is 4.79 Å². The van der Waals surface area contributed by atoms with E-state index in [-0.39, 0.29) is 29.2 Å². The minimum absolute atomic E-state index is 0. The van der Waals surface area contributed by atoms with Crippen LogP contribution in [0.2, 0.25) is 0 Å². The molecule has 1 amide bonds. The summed E-state index contributed by atoms with van der Waals surface area (Å²) in [6, 6.07) is 22.9. The fourth-order valence-electron chi connectivity index (χ4n) is 5.39. The number of piperidine rings is 3. The van der Waals surface area contributed by atoms with Crippen LogP contribution in [0, 0.1) is 12.8 Å². The number of thiophene rings is 1. The lowest BCUT2D eigenvalue weighted by molar-refractivity contribution is -0.943. The van der Waals surface area contributed by atoms with Gasteiger partial charge < -0.3 is 26.2 Å². The number of fused-ring (bicyclic) bond motifs is 3. The van der Waals surface area contributed by atoms with Crippen molar-refractivity contribution in [3.63, 3.8) is 0 Å². The van der Waals surface area contributed by atoms with Crippen molar-refractivity contribution >= 4 is 50.8 Å². The molecule has 2 bridgehead atoms. The Morgan fingerprint density at radius 3 is 2.58 bits per heavy atom. The van der Waals surface area contributed by atoms with Crippen molar-refractivity contribution in [2.24, 2.45) is 5.92 Å². The zero-order valence-electron chi connectivity index (χ0n) is 20.4. The number of nitrogens with zero attached hydrogens (tertiary/aromatic N) is 2. The molecule has 0 N–H and O–H groups in total. The van der Waals surface area contributed by atoms with E-state index in [1.807, 2.05) is 30.0 Å². The number of anilines is 1. The summed E-state index contributed by atoms with van der Waals surface area (Å²) in [4.78, 5) is 17.9. The molecule has 0 unspecified atom stereocenters. The van der Waals surface area contributed by atoms with E-state index in [0.717, 1.165) is 56.1 Å². The topological polar surface area (TPSA) is 29.5 Å². The summed E-state index contributed by atoms with van der Waals surface area (Å²) in [6.45, 7) is 7.06. The van der Waals surface area contributed by atoms with Crippen molar-refractivity contribution in [1.29, 1.82) is 0 Å². The summed E-state index contributed by atoms with van der Waals surface area (Å²) in [7, 11) is 0. The molecule has 1 aromatic heterocycles. The second-order valence-electron chi connectivity index (χ2n) is 9.75. The molecule has 4 nitrogen and oxygen atoms in total. The van der Waals surface area contributed by atoms with Gasteiger partial charge in [0.25, 0.3) is 0 Å². The number of rotatable bonds is 8. The van der Waals surface area contributed by atoms with Crippen molar-refractivity contribution in [2.45, 2.75) is 37.3 Å². The van der Waals surface area contributed by atoms with E-state index < -0.39 is 0 Å². The van der Waals surface area contributed by atoms with Gasteiger partial charge in [0.2, 0.25) is 0 Å². The lowest BCUT2D eigenvalue weighted by Crippen LogP contribution is -3.00. The molecule has 3 saturated heterocycles. The third kappa shape index (κ3) is 6.76. The first-order valence-corrected chi connectivity index (χ1v) is 14.9. The molecule has 3 aliphatic rings. The molecule has 0 radical (unpaired) electrons. The van der Waals surface area contributed by atoms with Gasteiger partial charge in [-0.15, -0.1) is 23.1 Å². The monoisotopic (exact) mass is 650 g/mol. The quantitative estimate of drug-likeness (QED) is 0.268. The lowest BCUT2D eigenvalue weighted by atomic mass is 9.83. The van der Waals surface area contributed by atoms with E-state index >= 15 is 0 Å². The maximum Gasteiger partial charge on any atom is 0.415 e. The van der Waals surface area contributed by atoms with E-state index in [9.17, 15) is 4.79 Å².